The maximum absolute atomic E-state index is 13.8. The van der Waals surface area contributed by atoms with Crippen molar-refractivity contribution in [3.05, 3.63) is 41.8 Å². The summed E-state index contributed by atoms with van der Waals surface area (Å²) in [6.07, 6.45) is 0. The van der Waals surface area contributed by atoms with Crippen LogP contribution in [0.4, 0.5) is 4.39 Å². The van der Waals surface area contributed by atoms with Crippen molar-refractivity contribution in [3.63, 3.8) is 0 Å². The fourth-order valence-electron chi connectivity index (χ4n) is 3.30. The van der Waals surface area contributed by atoms with Gasteiger partial charge in [0.25, 0.3) is 5.91 Å². The number of amides is 2. The van der Waals surface area contributed by atoms with Crippen molar-refractivity contribution >= 4 is 22.7 Å². The second kappa shape index (κ2) is 4.76. The molecule has 3 heterocycles. The Bertz CT molecular complexity index is 792. The van der Waals surface area contributed by atoms with Gasteiger partial charge in [-0.05, 0) is 12.1 Å². The molecule has 1 aromatic carbocycles. The minimum Gasteiger partial charge on any atom is -0.355 e. The highest BCUT2D eigenvalue weighted by atomic mass is 19.1. The molecule has 0 unspecified atom stereocenters. The number of aromatic nitrogens is 1. The molecule has 2 atom stereocenters. The first-order valence-electron chi connectivity index (χ1n) is 7.26. The second-order valence-corrected chi connectivity index (χ2v) is 5.83. The molecule has 0 aliphatic carbocycles. The van der Waals surface area contributed by atoms with E-state index in [1.807, 2.05) is 0 Å². The fourth-order valence-corrected chi connectivity index (χ4v) is 3.30. The number of rotatable bonds is 1. The summed E-state index contributed by atoms with van der Waals surface area (Å²) in [7, 11) is 0. The van der Waals surface area contributed by atoms with E-state index in [-0.39, 0.29) is 34.9 Å². The number of carbonyl (C=O) groups is 2. The van der Waals surface area contributed by atoms with Crippen LogP contribution in [-0.4, -0.2) is 41.3 Å². The van der Waals surface area contributed by atoms with Gasteiger partial charge >= 0.3 is 0 Å². The van der Waals surface area contributed by atoms with E-state index in [9.17, 15) is 14.0 Å². The van der Waals surface area contributed by atoms with Crippen molar-refractivity contribution in [3.8, 4) is 0 Å². The lowest BCUT2D eigenvalue weighted by Gasteiger charge is -2.17. The SMILES string of the molecule is O=C1NC[C@H]2CN(C(=O)c3ccc4cccc(F)c4n3)C[C@@H]12. The summed E-state index contributed by atoms with van der Waals surface area (Å²) in [5.41, 5.74) is 0.420. The van der Waals surface area contributed by atoms with Gasteiger partial charge in [0.1, 0.15) is 17.0 Å². The molecule has 22 heavy (non-hydrogen) atoms. The largest absolute Gasteiger partial charge is 0.355 e. The molecular weight excluding hydrogens is 285 g/mol. The van der Waals surface area contributed by atoms with Crippen LogP contribution in [-0.2, 0) is 4.79 Å². The second-order valence-electron chi connectivity index (χ2n) is 5.83. The lowest BCUT2D eigenvalue weighted by Crippen LogP contribution is -2.33. The molecular formula is C16H14FN3O2. The third-order valence-electron chi connectivity index (χ3n) is 4.49. The molecule has 0 saturated carbocycles. The molecule has 6 heteroatoms. The molecule has 2 fully saturated rings. The van der Waals surface area contributed by atoms with Crippen LogP contribution in [0.3, 0.4) is 0 Å². The fraction of sp³-hybridized carbons (Fsp3) is 0.312. The maximum Gasteiger partial charge on any atom is 0.272 e. The summed E-state index contributed by atoms with van der Waals surface area (Å²) in [4.78, 5) is 30.0. The van der Waals surface area contributed by atoms with Crippen LogP contribution in [0.15, 0.2) is 30.3 Å². The van der Waals surface area contributed by atoms with E-state index in [4.69, 9.17) is 0 Å². The average Bonchev–Trinajstić information content (AvgIpc) is 3.09. The first kappa shape index (κ1) is 13.2. The van der Waals surface area contributed by atoms with Crippen molar-refractivity contribution in [1.29, 1.82) is 0 Å². The molecule has 1 aromatic heterocycles. The molecule has 0 radical (unpaired) electrons. The summed E-state index contributed by atoms with van der Waals surface area (Å²) < 4.78 is 13.8. The van der Waals surface area contributed by atoms with Gasteiger partial charge in [0.15, 0.2) is 0 Å². The summed E-state index contributed by atoms with van der Waals surface area (Å²) in [6, 6.07) is 8.00. The molecule has 0 bridgehead atoms. The van der Waals surface area contributed by atoms with Gasteiger partial charge in [-0.2, -0.15) is 0 Å². The van der Waals surface area contributed by atoms with E-state index in [2.05, 4.69) is 10.3 Å². The maximum atomic E-state index is 13.8. The number of hydrogen-bond donors (Lipinski definition) is 1. The summed E-state index contributed by atoms with van der Waals surface area (Å²) in [5, 5.41) is 3.47. The number of hydrogen-bond acceptors (Lipinski definition) is 3. The van der Waals surface area contributed by atoms with Crippen LogP contribution >= 0.6 is 0 Å². The van der Waals surface area contributed by atoms with E-state index in [1.54, 1.807) is 29.2 Å². The first-order valence-corrected chi connectivity index (χ1v) is 7.26. The number of halogens is 1. The minimum atomic E-state index is -0.440. The van der Waals surface area contributed by atoms with Crippen molar-refractivity contribution in [2.45, 2.75) is 0 Å². The Hall–Kier alpha value is -2.50. The Morgan fingerprint density at radius 3 is 2.95 bits per heavy atom. The molecule has 2 amide bonds. The zero-order valence-corrected chi connectivity index (χ0v) is 11.8. The molecule has 2 aliphatic rings. The van der Waals surface area contributed by atoms with E-state index in [1.165, 1.54) is 6.07 Å². The highest BCUT2D eigenvalue weighted by Gasteiger charge is 2.43. The van der Waals surface area contributed by atoms with Crippen LogP contribution < -0.4 is 5.32 Å². The minimum absolute atomic E-state index is 0.0119. The zero-order chi connectivity index (χ0) is 15.3. The van der Waals surface area contributed by atoms with Crippen LogP contribution in [0.1, 0.15) is 10.5 Å². The van der Waals surface area contributed by atoms with E-state index < -0.39 is 5.82 Å². The van der Waals surface area contributed by atoms with Gasteiger partial charge in [0, 0.05) is 30.9 Å². The van der Waals surface area contributed by atoms with Gasteiger partial charge in [0.05, 0.1) is 5.92 Å². The molecule has 2 aromatic rings. The normalized spacial score (nSPS) is 23.7. The van der Waals surface area contributed by atoms with Gasteiger partial charge in [-0.3, -0.25) is 9.59 Å². The zero-order valence-electron chi connectivity index (χ0n) is 11.8. The van der Waals surface area contributed by atoms with Crippen molar-refractivity contribution in [2.75, 3.05) is 19.6 Å². The number of likely N-dealkylation sites (tertiary alicyclic amines) is 1. The van der Waals surface area contributed by atoms with Crippen molar-refractivity contribution in [1.82, 2.24) is 15.2 Å². The third-order valence-corrected chi connectivity index (χ3v) is 4.49. The molecule has 4 rings (SSSR count). The molecule has 112 valence electrons. The molecule has 0 spiro atoms. The number of para-hydroxylation sites is 1. The van der Waals surface area contributed by atoms with Gasteiger partial charge in [-0.1, -0.05) is 18.2 Å². The average molecular weight is 299 g/mol. The van der Waals surface area contributed by atoms with Crippen molar-refractivity contribution in [2.24, 2.45) is 11.8 Å². The lowest BCUT2D eigenvalue weighted by molar-refractivity contribution is -0.122. The van der Waals surface area contributed by atoms with Crippen LogP contribution in [0.2, 0.25) is 0 Å². The number of pyridine rings is 1. The van der Waals surface area contributed by atoms with Crippen molar-refractivity contribution < 1.29 is 14.0 Å². The highest BCUT2D eigenvalue weighted by molar-refractivity contribution is 5.96. The summed E-state index contributed by atoms with van der Waals surface area (Å²) in [6.45, 7) is 1.57. The number of nitrogens with one attached hydrogen (secondary N) is 1. The Labute approximate surface area is 126 Å². The highest BCUT2D eigenvalue weighted by Crippen LogP contribution is 2.28. The monoisotopic (exact) mass is 299 g/mol. The van der Waals surface area contributed by atoms with E-state index in [0.29, 0.717) is 25.0 Å². The summed E-state index contributed by atoms with van der Waals surface area (Å²) in [5.74, 6) is -0.621. The Balaban J connectivity index is 1.63. The molecule has 2 saturated heterocycles. The number of benzene rings is 1. The Kier molecular flexibility index (Phi) is 2.85. The summed E-state index contributed by atoms with van der Waals surface area (Å²) >= 11 is 0. The lowest BCUT2D eigenvalue weighted by atomic mass is 10.0. The smallest absolute Gasteiger partial charge is 0.272 e. The quantitative estimate of drug-likeness (QED) is 0.860. The molecule has 1 N–H and O–H groups in total. The van der Waals surface area contributed by atoms with E-state index >= 15 is 0 Å². The van der Waals surface area contributed by atoms with Crippen LogP contribution in [0.5, 0.6) is 0 Å². The number of fused-ring (bicyclic) bond motifs is 2. The first-order chi connectivity index (χ1) is 10.6. The van der Waals surface area contributed by atoms with Gasteiger partial charge in [0.2, 0.25) is 5.91 Å². The standard InChI is InChI=1S/C16H14FN3O2/c17-12-3-1-2-9-4-5-13(19-14(9)12)16(22)20-7-10-6-18-15(21)11(10)8-20/h1-5,10-11H,6-8H2,(H,18,21)/t10-,11+/m0/s1. The predicted molar refractivity (Wildman–Crippen MR) is 77.6 cm³/mol. The van der Waals surface area contributed by atoms with Crippen LogP contribution in [0, 0.1) is 17.7 Å². The Morgan fingerprint density at radius 1 is 1.27 bits per heavy atom. The van der Waals surface area contributed by atoms with E-state index in [0.717, 1.165) is 0 Å². The van der Waals surface area contributed by atoms with Gasteiger partial charge in [-0.25, -0.2) is 9.37 Å². The third kappa shape index (κ3) is 1.94. The Morgan fingerprint density at radius 2 is 2.14 bits per heavy atom. The molecule has 2 aliphatic heterocycles. The predicted octanol–water partition coefficient (Wildman–Crippen LogP) is 1.19. The van der Waals surface area contributed by atoms with Gasteiger partial charge < -0.3 is 10.2 Å². The number of carbonyl (C=O) groups excluding carboxylic acids is 2. The topological polar surface area (TPSA) is 62.3 Å². The van der Waals surface area contributed by atoms with Gasteiger partial charge in [-0.15, -0.1) is 0 Å². The molecule has 5 nitrogen and oxygen atoms in total. The number of nitrogens with zero attached hydrogens (tertiary/aromatic N) is 2. The van der Waals surface area contributed by atoms with Crippen LogP contribution in [0.25, 0.3) is 10.9 Å².